The number of hydrogen-bond acceptors (Lipinski definition) is 3. The van der Waals surface area contributed by atoms with E-state index in [-0.39, 0.29) is 12.0 Å². The molecule has 0 aliphatic heterocycles. The quantitative estimate of drug-likeness (QED) is 0.580. The van der Waals surface area contributed by atoms with E-state index in [9.17, 15) is 4.79 Å². The SMILES string of the molecule is COC(=O)[C@H]([NH3+])Cc1ccc(N(CCCl)CCCl)cc1. The van der Waals surface area contributed by atoms with Crippen LogP contribution in [0.5, 0.6) is 0 Å². The van der Waals surface area contributed by atoms with Crippen molar-refractivity contribution in [2.45, 2.75) is 12.5 Å². The van der Waals surface area contributed by atoms with Crippen molar-refractivity contribution < 1.29 is 15.3 Å². The number of halogens is 2. The highest BCUT2D eigenvalue weighted by atomic mass is 35.5. The summed E-state index contributed by atoms with van der Waals surface area (Å²) in [6.45, 7) is 1.52. The van der Waals surface area contributed by atoms with Gasteiger partial charge in [-0.1, -0.05) is 12.1 Å². The van der Waals surface area contributed by atoms with Crippen LogP contribution in [0.25, 0.3) is 0 Å². The maximum atomic E-state index is 11.3. The average Bonchev–Trinajstić information content (AvgIpc) is 2.47. The molecule has 0 bridgehead atoms. The van der Waals surface area contributed by atoms with Gasteiger partial charge in [0.1, 0.15) is 0 Å². The number of carbonyl (C=O) groups is 1. The van der Waals surface area contributed by atoms with Crippen LogP contribution in [-0.2, 0) is 16.0 Å². The lowest BCUT2D eigenvalue weighted by Crippen LogP contribution is -2.66. The molecule has 1 aromatic rings. The highest BCUT2D eigenvalue weighted by molar-refractivity contribution is 6.18. The van der Waals surface area contributed by atoms with Gasteiger partial charge in [-0.2, -0.15) is 0 Å². The molecule has 0 aliphatic carbocycles. The second-order valence-corrected chi connectivity index (χ2v) is 5.21. The predicted molar refractivity (Wildman–Crippen MR) is 82.5 cm³/mol. The third-order valence-corrected chi connectivity index (χ3v) is 3.37. The summed E-state index contributed by atoms with van der Waals surface area (Å²) in [6.07, 6.45) is 0.567. The van der Waals surface area contributed by atoms with Gasteiger partial charge in [0.15, 0.2) is 6.04 Å². The molecule has 20 heavy (non-hydrogen) atoms. The second-order valence-electron chi connectivity index (χ2n) is 4.46. The maximum absolute atomic E-state index is 11.3. The number of nitrogens with zero attached hydrogens (tertiary/aromatic N) is 1. The molecule has 0 radical (unpaired) electrons. The molecule has 0 fully saturated rings. The normalized spacial score (nSPS) is 12.0. The van der Waals surface area contributed by atoms with Gasteiger partial charge in [-0.3, -0.25) is 0 Å². The van der Waals surface area contributed by atoms with Gasteiger partial charge in [-0.15, -0.1) is 23.2 Å². The van der Waals surface area contributed by atoms with Gasteiger partial charge in [-0.05, 0) is 17.7 Å². The minimum atomic E-state index is -0.382. The zero-order valence-corrected chi connectivity index (χ0v) is 13.2. The molecule has 1 rings (SSSR count). The highest BCUT2D eigenvalue weighted by Crippen LogP contribution is 2.16. The monoisotopic (exact) mass is 319 g/mol. The molecule has 0 amide bonds. The Labute approximate surface area is 129 Å². The lowest BCUT2D eigenvalue weighted by atomic mass is 10.1. The zero-order valence-electron chi connectivity index (χ0n) is 11.6. The molecule has 1 aromatic carbocycles. The van der Waals surface area contributed by atoms with Gasteiger partial charge >= 0.3 is 5.97 Å². The number of quaternary nitrogens is 1. The van der Waals surface area contributed by atoms with Crippen molar-refractivity contribution in [1.29, 1.82) is 0 Å². The van der Waals surface area contributed by atoms with Gasteiger partial charge in [0.2, 0.25) is 0 Å². The van der Waals surface area contributed by atoms with E-state index in [0.717, 1.165) is 24.3 Å². The van der Waals surface area contributed by atoms with E-state index in [0.29, 0.717) is 18.2 Å². The Morgan fingerprint density at radius 1 is 1.25 bits per heavy atom. The van der Waals surface area contributed by atoms with Crippen LogP contribution >= 0.6 is 23.2 Å². The minimum absolute atomic E-state index is 0.292. The lowest BCUT2D eigenvalue weighted by molar-refractivity contribution is -0.407. The first-order valence-electron chi connectivity index (χ1n) is 6.49. The van der Waals surface area contributed by atoms with E-state index in [2.05, 4.69) is 15.4 Å². The molecular formula is C14H21Cl2N2O2+. The van der Waals surface area contributed by atoms with Crippen LogP contribution in [0.2, 0.25) is 0 Å². The van der Waals surface area contributed by atoms with Crippen molar-refractivity contribution in [1.82, 2.24) is 0 Å². The molecular weight excluding hydrogens is 299 g/mol. The van der Waals surface area contributed by atoms with Crippen molar-refractivity contribution in [3.8, 4) is 0 Å². The summed E-state index contributed by atoms with van der Waals surface area (Å²) in [5.74, 6) is 0.823. The van der Waals surface area contributed by atoms with Crippen molar-refractivity contribution in [2.75, 3.05) is 36.9 Å². The summed E-state index contributed by atoms with van der Waals surface area (Å²) >= 11 is 11.6. The molecule has 3 N–H and O–H groups in total. The van der Waals surface area contributed by atoms with Gasteiger partial charge in [-0.25, -0.2) is 4.79 Å². The van der Waals surface area contributed by atoms with Crippen molar-refractivity contribution in [3.63, 3.8) is 0 Å². The van der Waals surface area contributed by atoms with E-state index in [4.69, 9.17) is 23.2 Å². The lowest BCUT2D eigenvalue weighted by Gasteiger charge is -2.23. The van der Waals surface area contributed by atoms with Gasteiger partial charge in [0, 0.05) is 37.0 Å². The summed E-state index contributed by atoms with van der Waals surface area (Å²) in [7, 11) is 1.37. The fourth-order valence-electron chi connectivity index (χ4n) is 1.95. The Morgan fingerprint density at radius 3 is 2.25 bits per heavy atom. The van der Waals surface area contributed by atoms with E-state index < -0.39 is 0 Å². The number of rotatable bonds is 8. The smallest absolute Gasteiger partial charge is 0.364 e. The standard InChI is InChI=1S/C14H20Cl2N2O2/c1-20-14(19)13(17)10-11-2-4-12(5-3-11)18(8-6-15)9-7-16/h2-5,13H,6-10,17H2,1H3/p+1/t13-/m1/s1. The zero-order chi connectivity index (χ0) is 15.0. The molecule has 0 spiro atoms. The topological polar surface area (TPSA) is 57.2 Å². The number of benzene rings is 1. The Morgan fingerprint density at radius 2 is 1.80 bits per heavy atom. The second kappa shape index (κ2) is 9.06. The summed E-state index contributed by atoms with van der Waals surface area (Å²) in [5.41, 5.74) is 5.93. The molecule has 0 heterocycles. The van der Waals surface area contributed by atoms with Crippen LogP contribution in [0.1, 0.15) is 5.56 Å². The third-order valence-electron chi connectivity index (χ3n) is 3.03. The van der Waals surface area contributed by atoms with E-state index in [1.807, 2.05) is 24.3 Å². The largest absolute Gasteiger partial charge is 0.465 e. The Balaban J connectivity index is 2.69. The van der Waals surface area contributed by atoms with E-state index >= 15 is 0 Å². The first-order valence-corrected chi connectivity index (χ1v) is 7.56. The Hall–Kier alpha value is -0.970. The molecule has 6 heteroatoms. The molecule has 0 saturated heterocycles. The van der Waals surface area contributed by atoms with Crippen LogP contribution in [0.4, 0.5) is 5.69 Å². The number of hydrogen-bond donors (Lipinski definition) is 1. The molecule has 4 nitrogen and oxygen atoms in total. The summed E-state index contributed by atoms with van der Waals surface area (Å²) in [4.78, 5) is 13.5. The summed E-state index contributed by atoms with van der Waals surface area (Å²) in [6, 6.07) is 7.63. The van der Waals surface area contributed by atoms with E-state index in [1.165, 1.54) is 7.11 Å². The first kappa shape index (κ1) is 17.1. The van der Waals surface area contributed by atoms with Crippen LogP contribution in [-0.4, -0.2) is 44.0 Å². The molecule has 0 aliphatic rings. The van der Waals surface area contributed by atoms with Crippen molar-refractivity contribution in [2.24, 2.45) is 0 Å². The summed E-state index contributed by atoms with van der Waals surface area (Å²) in [5, 5.41) is 0. The number of esters is 1. The van der Waals surface area contributed by atoms with Crippen molar-refractivity contribution >= 4 is 34.9 Å². The minimum Gasteiger partial charge on any atom is -0.465 e. The number of ether oxygens (including phenoxy) is 1. The van der Waals surface area contributed by atoms with Gasteiger partial charge in [0.25, 0.3) is 0 Å². The van der Waals surface area contributed by atoms with E-state index in [1.54, 1.807) is 0 Å². The van der Waals surface area contributed by atoms with Gasteiger partial charge in [0.05, 0.1) is 7.11 Å². The van der Waals surface area contributed by atoms with Crippen LogP contribution in [0, 0.1) is 0 Å². The number of methoxy groups -OCH3 is 1. The Bertz CT molecular complexity index is 406. The first-order chi connectivity index (χ1) is 9.62. The molecule has 0 aromatic heterocycles. The number of anilines is 1. The fourth-order valence-corrected chi connectivity index (χ4v) is 2.36. The highest BCUT2D eigenvalue weighted by Gasteiger charge is 2.18. The van der Waals surface area contributed by atoms with Crippen LogP contribution in [0.3, 0.4) is 0 Å². The Kier molecular flexibility index (Phi) is 7.73. The molecule has 112 valence electrons. The van der Waals surface area contributed by atoms with Crippen LogP contribution in [0.15, 0.2) is 24.3 Å². The van der Waals surface area contributed by atoms with Crippen molar-refractivity contribution in [3.05, 3.63) is 29.8 Å². The average molecular weight is 320 g/mol. The third kappa shape index (κ3) is 5.19. The number of carbonyl (C=O) groups excluding carboxylic acids is 1. The number of alkyl halides is 2. The maximum Gasteiger partial charge on any atom is 0.364 e. The van der Waals surface area contributed by atoms with Gasteiger partial charge < -0.3 is 15.4 Å². The molecule has 0 saturated carbocycles. The molecule has 0 unspecified atom stereocenters. The summed E-state index contributed by atoms with van der Waals surface area (Å²) < 4.78 is 4.67. The predicted octanol–water partition coefficient (Wildman–Crippen LogP) is 1.30. The molecule has 1 atom stereocenters. The fraction of sp³-hybridized carbons (Fsp3) is 0.500. The van der Waals surface area contributed by atoms with Crippen LogP contribution < -0.4 is 10.6 Å².